The Kier molecular flexibility index (Phi) is 4.75. The van der Waals surface area contributed by atoms with Gasteiger partial charge in [-0.3, -0.25) is 4.79 Å². The highest BCUT2D eigenvalue weighted by Crippen LogP contribution is 2.21. The third kappa shape index (κ3) is 3.70. The van der Waals surface area contributed by atoms with Gasteiger partial charge in [-0.1, -0.05) is 17.7 Å². The molecule has 0 aliphatic carbocycles. The standard InChI is InChI=1S/C15H15ClFN3O/c1-3-18-14-11(16)7-10(8-19-14)15(21)20-13-6-9(2)4-5-12(13)17/h4-8H,3H2,1-2H3,(H,18,19)(H,20,21). The SMILES string of the molecule is CCNc1ncc(C(=O)Nc2cc(C)ccc2F)cc1Cl. The van der Waals surface area contributed by atoms with Gasteiger partial charge in [-0.25, -0.2) is 9.37 Å². The maximum Gasteiger partial charge on any atom is 0.257 e. The van der Waals surface area contributed by atoms with Gasteiger partial charge in [-0.15, -0.1) is 0 Å². The Balaban J connectivity index is 2.20. The highest BCUT2D eigenvalue weighted by Gasteiger charge is 2.12. The third-order valence-corrected chi connectivity index (χ3v) is 3.11. The van der Waals surface area contributed by atoms with Crippen molar-refractivity contribution in [3.63, 3.8) is 0 Å². The van der Waals surface area contributed by atoms with Crippen LogP contribution in [0.25, 0.3) is 0 Å². The van der Waals surface area contributed by atoms with Gasteiger partial charge in [0.1, 0.15) is 11.6 Å². The Bertz CT molecular complexity index is 676. The van der Waals surface area contributed by atoms with Crippen LogP contribution in [0.4, 0.5) is 15.9 Å². The molecule has 0 aliphatic heterocycles. The molecule has 0 fully saturated rings. The maximum absolute atomic E-state index is 13.6. The lowest BCUT2D eigenvalue weighted by atomic mass is 10.2. The molecule has 1 amide bonds. The van der Waals surface area contributed by atoms with Crippen molar-refractivity contribution >= 4 is 29.0 Å². The van der Waals surface area contributed by atoms with Gasteiger partial charge in [0, 0.05) is 12.7 Å². The zero-order valence-corrected chi connectivity index (χ0v) is 12.5. The van der Waals surface area contributed by atoms with Crippen molar-refractivity contribution in [2.24, 2.45) is 0 Å². The summed E-state index contributed by atoms with van der Waals surface area (Å²) in [6, 6.07) is 6.00. The second-order valence-electron chi connectivity index (χ2n) is 4.52. The molecule has 0 unspecified atom stereocenters. The number of amides is 1. The van der Waals surface area contributed by atoms with Crippen molar-refractivity contribution in [3.8, 4) is 0 Å². The molecular formula is C15H15ClFN3O. The van der Waals surface area contributed by atoms with Crippen LogP contribution in [0.15, 0.2) is 30.5 Å². The van der Waals surface area contributed by atoms with E-state index in [-0.39, 0.29) is 11.3 Å². The summed E-state index contributed by atoms with van der Waals surface area (Å²) in [5, 5.41) is 5.83. The van der Waals surface area contributed by atoms with Crippen LogP contribution in [0.5, 0.6) is 0 Å². The number of carbonyl (C=O) groups excluding carboxylic acids is 1. The number of rotatable bonds is 4. The van der Waals surface area contributed by atoms with Gasteiger partial charge in [0.2, 0.25) is 0 Å². The number of hydrogen-bond acceptors (Lipinski definition) is 3. The number of nitrogens with one attached hydrogen (secondary N) is 2. The van der Waals surface area contributed by atoms with E-state index in [0.29, 0.717) is 17.4 Å². The fourth-order valence-electron chi connectivity index (χ4n) is 1.79. The minimum atomic E-state index is -0.489. The quantitative estimate of drug-likeness (QED) is 0.901. The molecular weight excluding hydrogens is 293 g/mol. The average Bonchev–Trinajstić information content (AvgIpc) is 2.45. The largest absolute Gasteiger partial charge is 0.369 e. The monoisotopic (exact) mass is 307 g/mol. The summed E-state index contributed by atoms with van der Waals surface area (Å²) in [6.07, 6.45) is 1.40. The second kappa shape index (κ2) is 6.54. The molecule has 1 aromatic carbocycles. The van der Waals surface area contributed by atoms with E-state index >= 15 is 0 Å². The van der Waals surface area contributed by atoms with Crippen LogP contribution in [0.2, 0.25) is 5.02 Å². The molecule has 2 rings (SSSR count). The van der Waals surface area contributed by atoms with Gasteiger partial charge in [0.25, 0.3) is 5.91 Å². The first-order valence-electron chi connectivity index (χ1n) is 6.48. The highest BCUT2D eigenvalue weighted by atomic mass is 35.5. The Morgan fingerprint density at radius 3 is 2.81 bits per heavy atom. The molecule has 6 heteroatoms. The molecule has 0 radical (unpaired) electrons. The predicted octanol–water partition coefficient (Wildman–Crippen LogP) is 3.87. The average molecular weight is 308 g/mol. The van der Waals surface area contributed by atoms with Gasteiger partial charge < -0.3 is 10.6 Å². The van der Waals surface area contributed by atoms with Gasteiger partial charge in [-0.05, 0) is 37.6 Å². The molecule has 2 aromatic rings. The van der Waals surface area contributed by atoms with Crippen molar-refractivity contribution in [1.82, 2.24) is 4.98 Å². The minimum Gasteiger partial charge on any atom is -0.369 e. The summed E-state index contributed by atoms with van der Waals surface area (Å²) in [4.78, 5) is 16.2. The summed E-state index contributed by atoms with van der Waals surface area (Å²) in [7, 11) is 0. The van der Waals surface area contributed by atoms with E-state index in [4.69, 9.17) is 11.6 Å². The molecule has 0 saturated heterocycles. The van der Waals surface area contributed by atoms with Gasteiger partial charge in [-0.2, -0.15) is 0 Å². The topological polar surface area (TPSA) is 54.0 Å². The van der Waals surface area contributed by atoms with E-state index in [1.807, 2.05) is 13.8 Å². The number of carbonyl (C=O) groups is 1. The molecule has 110 valence electrons. The molecule has 4 nitrogen and oxygen atoms in total. The number of pyridine rings is 1. The number of hydrogen-bond donors (Lipinski definition) is 2. The smallest absolute Gasteiger partial charge is 0.257 e. The first-order valence-corrected chi connectivity index (χ1v) is 6.86. The minimum absolute atomic E-state index is 0.131. The lowest BCUT2D eigenvalue weighted by Gasteiger charge is -2.09. The predicted molar refractivity (Wildman–Crippen MR) is 82.5 cm³/mol. The second-order valence-corrected chi connectivity index (χ2v) is 4.93. The molecule has 0 spiro atoms. The van der Waals surface area contributed by atoms with Gasteiger partial charge in [0.15, 0.2) is 0 Å². The number of benzene rings is 1. The van der Waals surface area contributed by atoms with Gasteiger partial charge in [0.05, 0.1) is 16.3 Å². The van der Waals surface area contributed by atoms with E-state index in [1.165, 1.54) is 18.3 Å². The number of aryl methyl sites for hydroxylation is 1. The molecule has 0 bridgehead atoms. The lowest BCUT2D eigenvalue weighted by molar-refractivity contribution is 0.102. The number of anilines is 2. The zero-order valence-electron chi connectivity index (χ0n) is 11.7. The normalized spacial score (nSPS) is 10.3. The molecule has 2 N–H and O–H groups in total. The first kappa shape index (κ1) is 15.3. The van der Waals surface area contributed by atoms with Crippen LogP contribution in [-0.4, -0.2) is 17.4 Å². The van der Waals surface area contributed by atoms with Crippen LogP contribution in [-0.2, 0) is 0 Å². The van der Waals surface area contributed by atoms with E-state index in [9.17, 15) is 9.18 Å². The van der Waals surface area contributed by atoms with Crippen LogP contribution in [0, 0.1) is 12.7 Å². The van der Waals surface area contributed by atoms with Crippen molar-refractivity contribution < 1.29 is 9.18 Å². The molecule has 1 heterocycles. The molecule has 0 saturated carbocycles. The zero-order chi connectivity index (χ0) is 15.4. The Morgan fingerprint density at radius 1 is 1.38 bits per heavy atom. The first-order chi connectivity index (χ1) is 10.0. The van der Waals surface area contributed by atoms with Crippen molar-refractivity contribution in [2.45, 2.75) is 13.8 Å². The van der Waals surface area contributed by atoms with E-state index in [1.54, 1.807) is 12.1 Å². The van der Waals surface area contributed by atoms with Crippen LogP contribution >= 0.6 is 11.6 Å². The van der Waals surface area contributed by atoms with Crippen molar-refractivity contribution in [1.29, 1.82) is 0 Å². The molecule has 21 heavy (non-hydrogen) atoms. The lowest BCUT2D eigenvalue weighted by Crippen LogP contribution is -2.14. The summed E-state index contributed by atoms with van der Waals surface area (Å²) < 4.78 is 13.6. The fraction of sp³-hybridized carbons (Fsp3) is 0.200. The summed E-state index contributed by atoms with van der Waals surface area (Å²) in [5.74, 6) is -0.438. The van der Waals surface area contributed by atoms with E-state index < -0.39 is 11.7 Å². The summed E-state index contributed by atoms with van der Waals surface area (Å²) in [5.41, 5.74) is 1.25. The number of aromatic nitrogens is 1. The Labute approximate surface area is 127 Å². The van der Waals surface area contributed by atoms with Gasteiger partial charge >= 0.3 is 0 Å². The molecule has 0 aliphatic rings. The van der Waals surface area contributed by atoms with E-state index in [0.717, 1.165) is 5.56 Å². The van der Waals surface area contributed by atoms with E-state index in [2.05, 4.69) is 15.6 Å². The molecule has 1 aromatic heterocycles. The van der Waals surface area contributed by atoms with Crippen LogP contribution in [0.3, 0.4) is 0 Å². The number of halogens is 2. The summed E-state index contributed by atoms with van der Waals surface area (Å²) >= 11 is 6.03. The maximum atomic E-state index is 13.6. The van der Waals surface area contributed by atoms with Crippen LogP contribution < -0.4 is 10.6 Å². The van der Waals surface area contributed by atoms with Crippen molar-refractivity contribution in [3.05, 3.63) is 52.4 Å². The Morgan fingerprint density at radius 2 is 2.14 bits per heavy atom. The fourth-order valence-corrected chi connectivity index (χ4v) is 2.02. The highest BCUT2D eigenvalue weighted by molar-refractivity contribution is 6.33. The van der Waals surface area contributed by atoms with Crippen molar-refractivity contribution in [2.75, 3.05) is 17.2 Å². The Hall–Kier alpha value is -2.14. The van der Waals surface area contributed by atoms with Crippen LogP contribution in [0.1, 0.15) is 22.8 Å². The summed E-state index contributed by atoms with van der Waals surface area (Å²) in [6.45, 7) is 4.41. The third-order valence-electron chi connectivity index (χ3n) is 2.82. The molecule has 0 atom stereocenters. The number of nitrogens with zero attached hydrogens (tertiary/aromatic N) is 1.